The van der Waals surface area contributed by atoms with E-state index < -0.39 is 0 Å². The summed E-state index contributed by atoms with van der Waals surface area (Å²) in [4.78, 5) is 31.8. The van der Waals surface area contributed by atoms with Crippen molar-refractivity contribution in [2.45, 2.75) is 0 Å². The van der Waals surface area contributed by atoms with Gasteiger partial charge in [-0.05, 0) is 68.3 Å². The number of hydrogen-bond acceptors (Lipinski definition) is 3. The van der Waals surface area contributed by atoms with Crippen molar-refractivity contribution in [3.63, 3.8) is 0 Å². The van der Waals surface area contributed by atoms with Crippen LogP contribution in [0.1, 0.15) is 20.7 Å². The SMILES string of the molecule is O=C(Nc1ccc(Br)cn1)c1cccc(C(=O)Nc2ccc(Br)c[nH+]2)c1. The van der Waals surface area contributed by atoms with E-state index in [0.717, 1.165) is 8.95 Å². The minimum atomic E-state index is -0.343. The molecule has 0 fully saturated rings. The van der Waals surface area contributed by atoms with Gasteiger partial charge in [0.2, 0.25) is 0 Å². The number of nitrogens with zero attached hydrogens (tertiary/aromatic N) is 1. The fourth-order valence-corrected chi connectivity index (χ4v) is 2.60. The zero-order valence-electron chi connectivity index (χ0n) is 13.3. The molecule has 0 bridgehead atoms. The number of pyridine rings is 2. The van der Waals surface area contributed by atoms with Crippen molar-refractivity contribution in [2.75, 3.05) is 10.6 Å². The lowest BCUT2D eigenvalue weighted by Crippen LogP contribution is -2.20. The Labute approximate surface area is 166 Å². The summed E-state index contributed by atoms with van der Waals surface area (Å²) in [6.07, 6.45) is 3.30. The number of benzene rings is 1. The molecule has 0 atom stereocenters. The summed E-state index contributed by atoms with van der Waals surface area (Å²) in [5.41, 5.74) is 0.736. The normalized spacial score (nSPS) is 10.2. The van der Waals surface area contributed by atoms with E-state index in [9.17, 15) is 9.59 Å². The molecule has 26 heavy (non-hydrogen) atoms. The second-order valence-corrected chi connectivity index (χ2v) is 7.10. The van der Waals surface area contributed by atoms with Crippen LogP contribution in [0.5, 0.6) is 0 Å². The minimum absolute atomic E-state index is 0.319. The van der Waals surface area contributed by atoms with Crippen molar-refractivity contribution in [3.8, 4) is 0 Å². The largest absolute Gasteiger partial charge is 0.339 e. The molecular formula is C18H13Br2N4O2+. The molecule has 3 N–H and O–H groups in total. The Balaban J connectivity index is 1.72. The Morgan fingerprint density at radius 3 is 2.19 bits per heavy atom. The molecule has 0 radical (unpaired) electrons. The molecule has 0 spiro atoms. The highest BCUT2D eigenvalue weighted by Gasteiger charge is 2.15. The molecule has 0 unspecified atom stereocenters. The number of amides is 2. The molecule has 2 amide bonds. The summed E-state index contributed by atoms with van der Waals surface area (Å²) >= 11 is 6.61. The molecule has 3 rings (SSSR count). The van der Waals surface area contributed by atoms with E-state index in [1.807, 2.05) is 0 Å². The molecule has 8 heteroatoms. The summed E-state index contributed by atoms with van der Waals surface area (Å²) < 4.78 is 1.69. The molecule has 0 saturated heterocycles. The summed E-state index contributed by atoms with van der Waals surface area (Å²) in [5, 5.41) is 5.44. The van der Waals surface area contributed by atoms with Gasteiger partial charge in [0.15, 0.2) is 0 Å². The summed E-state index contributed by atoms with van der Waals surface area (Å²) in [6.45, 7) is 0. The van der Waals surface area contributed by atoms with Crippen LogP contribution < -0.4 is 15.6 Å². The predicted octanol–water partition coefficient (Wildman–Crippen LogP) is 3.93. The smallest absolute Gasteiger partial charge is 0.307 e. The number of carbonyl (C=O) groups excluding carboxylic acids is 2. The van der Waals surface area contributed by atoms with Crippen LogP contribution in [-0.4, -0.2) is 16.8 Å². The van der Waals surface area contributed by atoms with Crippen molar-refractivity contribution in [2.24, 2.45) is 0 Å². The highest BCUT2D eigenvalue weighted by Crippen LogP contribution is 2.13. The predicted molar refractivity (Wildman–Crippen MR) is 105 cm³/mol. The lowest BCUT2D eigenvalue weighted by atomic mass is 10.1. The minimum Gasteiger partial charge on any atom is -0.307 e. The highest BCUT2D eigenvalue weighted by molar-refractivity contribution is 9.10. The monoisotopic (exact) mass is 475 g/mol. The van der Waals surface area contributed by atoms with Gasteiger partial charge in [-0.2, -0.15) is 0 Å². The summed E-state index contributed by atoms with van der Waals surface area (Å²) in [7, 11) is 0. The molecule has 3 aromatic rings. The lowest BCUT2D eigenvalue weighted by molar-refractivity contribution is -0.361. The summed E-state index contributed by atoms with van der Waals surface area (Å²) in [6, 6.07) is 13.5. The van der Waals surface area contributed by atoms with Gasteiger partial charge < -0.3 is 5.32 Å². The van der Waals surface area contributed by atoms with Gasteiger partial charge in [-0.1, -0.05) is 6.07 Å². The Morgan fingerprint density at radius 2 is 1.58 bits per heavy atom. The van der Waals surface area contributed by atoms with Crippen molar-refractivity contribution in [3.05, 3.63) is 81.0 Å². The third-order valence-electron chi connectivity index (χ3n) is 3.38. The van der Waals surface area contributed by atoms with Crippen molar-refractivity contribution in [1.82, 2.24) is 4.98 Å². The van der Waals surface area contributed by atoms with E-state index in [1.54, 1.807) is 54.9 Å². The van der Waals surface area contributed by atoms with E-state index in [1.165, 1.54) is 6.07 Å². The quantitative estimate of drug-likeness (QED) is 0.598. The first-order chi connectivity index (χ1) is 12.5. The van der Waals surface area contributed by atoms with Crippen LogP contribution in [0.3, 0.4) is 0 Å². The zero-order valence-corrected chi connectivity index (χ0v) is 16.5. The maximum atomic E-state index is 12.4. The first-order valence-corrected chi connectivity index (χ1v) is 9.11. The van der Waals surface area contributed by atoms with Crippen LogP contribution in [0.25, 0.3) is 0 Å². The second kappa shape index (κ2) is 8.20. The van der Waals surface area contributed by atoms with Gasteiger partial charge in [0, 0.05) is 22.3 Å². The first kappa shape index (κ1) is 18.2. The van der Waals surface area contributed by atoms with E-state index in [-0.39, 0.29) is 11.8 Å². The van der Waals surface area contributed by atoms with Gasteiger partial charge in [0.1, 0.15) is 12.0 Å². The third-order valence-corrected chi connectivity index (χ3v) is 4.34. The topological polar surface area (TPSA) is 85.2 Å². The number of rotatable bonds is 4. The number of aromatic amines is 1. The van der Waals surface area contributed by atoms with Gasteiger partial charge in [-0.15, -0.1) is 0 Å². The van der Waals surface area contributed by atoms with Crippen LogP contribution in [0, 0.1) is 0 Å². The number of carbonyl (C=O) groups is 2. The van der Waals surface area contributed by atoms with Gasteiger partial charge in [0.25, 0.3) is 11.7 Å². The average Bonchev–Trinajstić information content (AvgIpc) is 2.65. The first-order valence-electron chi connectivity index (χ1n) is 7.53. The fourth-order valence-electron chi connectivity index (χ4n) is 2.12. The molecule has 0 aliphatic rings. The van der Waals surface area contributed by atoms with Crippen LogP contribution in [0.2, 0.25) is 0 Å². The molecule has 2 aromatic heterocycles. The Morgan fingerprint density at radius 1 is 0.885 bits per heavy atom. The van der Waals surface area contributed by atoms with Crippen molar-refractivity contribution >= 4 is 55.3 Å². The number of H-pyrrole nitrogens is 1. The number of hydrogen-bond donors (Lipinski definition) is 2. The zero-order chi connectivity index (χ0) is 18.5. The molecule has 0 saturated carbocycles. The van der Waals surface area contributed by atoms with Gasteiger partial charge in [-0.3, -0.25) is 4.79 Å². The Kier molecular flexibility index (Phi) is 5.75. The molecule has 0 aliphatic carbocycles. The van der Waals surface area contributed by atoms with E-state index in [0.29, 0.717) is 22.8 Å². The van der Waals surface area contributed by atoms with Crippen LogP contribution in [0.15, 0.2) is 69.9 Å². The number of halogens is 2. The van der Waals surface area contributed by atoms with Gasteiger partial charge in [0.05, 0.1) is 10.0 Å². The molecule has 1 aromatic carbocycles. The second-order valence-electron chi connectivity index (χ2n) is 5.27. The van der Waals surface area contributed by atoms with Gasteiger partial charge >= 0.3 is 5.91 Å². The third kappa shape index (κ3) is 4.74. The average molecular weight is 477 g/mol. The standard InChI is InChI=1S/C18H12Br2N4O2/c19-13-4-6-15(21-9-13)23-17(25)11-2-1-3-12(8-11)18(26)24-16-7-5-14(20)10-22-16/h1-10H,(H,21,23,25)(H,22,24,26)/p+1. The maximum Gasteiger partial charge on any atom is 0.339 e. The van der Waals surface area contributed by atoms with E-state index in [2.05, 4.69) is 52.5 Å². The van der Waals surface area contributed by atoms with Crippen molar-refractivity contribution < 1.29 is 14.6 Å². The van der Waals surface area contributed by atoms with E-state index in [4.69, 9.17) is 0 Å². The number of anilines is 2. The molecule has 130 valence electrons. The van der Waals surface area contributed by atoms with E-state index >= 15 is 0 Å². The molecule has 0 aliphatic heterocycles. The molecular weight excluding hydrogens is 464 g/mol. The Bertz CT molecular complexity index is 869. The number of aromatic nitrogens is 2. The molecule has 2 heterocycles. The van der Waals surface area contributed by atoms with Crippen molar-refractivity contribution in [1.29, 1.82) is 0 Å². The van der Waals surface area contributed by atoms with Gasteiger partial charge in [-0.25, -0.2) is 20.1 Å². The highest BCUT2D eigenvalue weighted by atomic mass is 79.9. The van der Waals surface area contributed by atoms with Crippen LogP contribution in [-0.2, 0) is 0 Å². The van der Waals surface area contributed by atoms with Crippen LogP contribution >= 0.6 is 31.9 Å². The lowest BCUT2D eigenvalue weighted by Gasteiger charge is -2.05. The number of nitrogens with one attached hydrogen (secondary N) is 3. The summed E-state index contributed by atoms with van der Waals surface area (Å²) in [5.74, 6) is 0.314. The van der Waals surface area contributed by atoms with Crippen LogP contribution in [0.4, 0.5) is 11.6 Å². The fraction of sp³-hybridized carbons (Fsp3) is 0. The molecule has 6 nitrogen and oxygen atoms in total. The Hall–Kier alpha value is -2.58. The maximum absolute atomic E-state index is 12.4.